The molecule has 0 aromatic carbocycles. The first kappa shape index (κ1) is 9.53. The van der Waals surface area contributed by atoms with E-state index in [1.165, 1.54) is 5.57 Å². The van der Waals surface area contributed by atoms with Gasteiger partial charge in [-0.25, -0.2) is 0 Å². The van der Waals surface area contributed by atoms with Crippen LogP contribution in [0.15, 0.2) is 23.8 Å². The molecular weight excluding hydrogens is 148 g/mol. The number of hydrogen-bond acceptors (Lipinski definition) is 1. The average Bonchev–Trinajstić information content (AvgIpc) is 1.97. The van der Waals surface area contributed by atoms with E-state index in [0.29, 0.717) is 0 Å². The van der Waals surface area contributed by atoms with E-state index in [9.17, 15) is 5.11 Å². The summed E-state index contributed by atoms with van der Waals surface area (Å²) in [4.78, 5) is 0. The van der Waals surface area contributed by atoms with Crippen molar-refractivity contribution >= 4 is 0 Å². The van der Waals surface area contributed by atoms with E-state index in [4.69, 9.17) is 0 Å². The lowest BCUT2D eigenvalue weighted by Gasteiger charge is -2.37. The van der Waals surface area contributed by atoms with Crippen LogP contribution in [0, 0.1) is 5.41 Å². The molecule has 68 valence electrons. The summed E-state index contributed by atoms with van der Waals surface area (Å²) in [7, 11) is 0. The summed E-state index contributed by atoms with van der Waals surface area (Å²) in [5.41, 5.74) is 2.43. The Morgan fingerprint density at radius 1 is 1.58 bits per heavy atom. The zero-order valence-electron chi connectivity index (χ0n) is 8.22. The Kier molecular flexibility index (Phi) is 2.43. The van der Waals surface area contributed by atoms with Crippen LogP contribution in [-0.2, 0) is 0 Å². The van der Waals surface area contributed by atoms with Gasteiger partial charge in [0.05, 0.1) is 6.10 Å². The van der Waals surface area contributed by atoms with Gasteiger partial charge in [-0.2, -0.15) is 0 Å². The third-order valence-corrected chi connectivity index (χ3v) is 2.79. The first-order chi connectivity index (χ1) is 5.47. The highest BCUT2D eigenvalue weighted by Crippen LogP contribution is 2.40. The predicted octanol–water partition coefficient (Wildman–Crippen LogP) is 2.67. The number of aliphatic hydroxyl groups excluding tert-OH is 1. The van der Waals surface area contributed by atoms with Crippen molar-refractivity contribution in [3.63, 3.8) is 0 Å². The van der Waals surface area contributed by atoms with Gasteiger partial charge >= 0.3 is 0 Å². The Bertz CT molecular complexity index is 223. The second-order valence-electron chi connectivity index (χ2n) is 4.30. The number of hydrogen-bond donors (Lipinski definition) is 1. The minimum atomic E-state index is -0.228. The molecule has 0 heterocycles. The van der Waals surface area contributed by atoms with Crippen LogP contribution in [0.3, 0.4) is 0 Å². The van der Waals surface area contributed by atoms with Crippen molar-refractivity contribution in [2.45, 2.75) is 39.7 Å². The second-order valence-corrected chi connectivity index (χ2v) is 4.30. The zero-order chi connectivity index (χ0) is 9.35. The molecule has 0 bridgehead atoms. The number of rotatable bonds is 0. The fraction of sp³-hybridized carbons (Fsp3) is 0.636. The van der Waals surface area contributed by atoms with Crippen LogP contribution in [0.5, 0.6) is 0 Å². The number of allylic oxidation sites excluding steroid dienone is 2. The van der Waals surface area contributed by atoms with Crippen LogP contribution >= 0.6 is 0 Å². The average molecular weight is 166 g/mol. The summed E-state index contributed by atoms with van der Waals surface area (Å²) >= 11 is 0. The van der Waals surface area contributed by atoms with Gasteiger partial charge in [-0.05, 0) is 36.3 Å². The van der Waals surface area contributed by atoms with Crippen LogP contribution in [-0.4, -0.2) is 11.2 Å². The van der Waals surface area contributed by atoms with Gasteiger partial charge in [0.1, 0.15) is 0 Å². The standard InChI is InChI=1S/C11H18O/c1-5-9-7-11(3,4)10(12)6-8(9)2/h5,10,12H,2,6-7H2,1,3-4H3/b9-5-. The molecule has 1 rings (SSSR count). The molecule has 1 fully saturated rings. The third-order valence-electron chi connectivity index (χ3n) is 2.79. The van der Waals surface area contributed by atoms with Gasteiger partial charge in [0.25, 0.3) is 0 Å². The molecule has 1 unspecified atom stereocenters. The molecule has 1 aliphatic carbocycles. The van der Waals surface area contributed by atoms with Crippen molar-refractivity contribution < 1.29 is 5.11 Å². The highest BCUT2D eigenvalue weighted by atomic mass is 16.3. The third kappa shape index (κ3) is 1.61. The lowest BCUT2D eigenvalue weighted by molar-refractivity contribution is 0.0421. The Morgan fingerprint density at radius 2 is 2.17 bits per heavy atom. The van der Waals surface area contributed by atoms with Gasteiger partial charge in [0.2, 0.25) is 0 Å². The van der Waals surface area contributed by atoms with E-state index in [1.54, 1.807) is 0 Å². The largest absolute Gasteiger partial charge is 0.392 e. The first-order valence-electron chi connectivity index (χ1n) is 4.49. The van der Waals surface area contributed by atoms with E-state index in [2.05, 4.69) is 26.5 Å². The molecule has 1 saturated carbocycles. The second kappa shape index (κ2) is 3.06. The molecule has 0 radical (unpaired) electrons. The molecule has 1 atom stereocenters. The maximum Gasteiger partial charge on any atom is 0.0634 e. The fourth-order valence-electron chi connectivity index (χ4n) is 1.68. The van der Waals surface area contributed by atoms with Crippen molar-refractivity contribution in [1.29, 1.82) is 0 Å². The maximum absolute atomic E-state index is 9.73. The van der Waals surface area contributed by atoms with Crippen LogP contribution in [0.2, 0.25) is 0 Å². The Hall–Kier alpha value is -0.560. The van der Waals surface area contributed by atoms with Gasteiger partial charge in [-0.1, -0.05) is 26.5 Å². The van der Waals surface area contributed by atoms with Crippen LogP contribution in [0.1, 0.15) is 33.6 Å². The summed E-state index contributed by atoms with van der Waals surface area (Å²) in [5.74, 6) is 0. The van der Waals surface area contributed by atoms with E-state index in [-0.39, 0.29) is 11.5 Å². The molecule has 1 aliphatic rings. The van der Waals surface area contributed by atoms with E-state index in [0.717, 1.165) is 18.4 Å². The molecule has 1 heteroatoms. The van der Waals surface area contributed by atoms with Crippen LogP contribution in [0.25, 0.3) is 0 Å². The normalized spacial score (nSPS) is 32.5. The summed E-state index contributed by atoms with van der Waals surface area (Å²) < 4.78 is 0. The van der Waals surface area contributed by atoms with Crippen molar-refractivity contribution in [3.8, 4) is 0 Å². The van der Waals surface area contributed by atoms with Crippen LogP contribution in [0.4, 0.5) is 0 Å². The van der Waals surface area contributed by atoms with Gasteiger partial charge in [0.15, 0.2) is 0 Å². The molecule has 1 nitrogen and oxygen atoms in total. The smallest absolute Gasteiger partial charge is 0.0634 e. The predicted molar refractivity (Wildman–Crippen MR) is 51.9 cm³/mol. The summed E-state index contributed by atoms with van der Waals surface area (Å²) in [6.45, 7) is 10.2. The lowest BCUT2D eigenvalue weighted by Crippen LogP contribution is -2.34. The molecule has 0 saturated heterocycles. The van der Waals surface area contributed by atoms with Crippen molar-refractivity contribution in [1.82, 2.24) is 0 Å². The minimum Gasteiger partial charge on any atom is -0.392 e. The topological polar surface area (TPSA) is 20.2 Å². The molecule has 0 aromatic heterocycles. The highest BCUT2D eigenvalue weighted by Gasteiger charge is 2.34. The summed E-state index contributed by atoms with van der Waals surface area (Å²) in [5, 5.41) is 9.73. The molecule has 0 spiro atoms. The quantitative estimate of drug-likeness (QED) is 0.586. The van der Waals surface area contributed by atoms with Gasteiger partial charge in [0, 0.05) is 0 Å². The van der Waals surface area contributed by atoms with Crippen molar-refractivity contribution in [2.75, 3.05) is 0 Å². The highest BCUT2D eigenvalue weighted by molar-refractivity contribution is 5.32. The van der Waals surface area contributed by atoms with Gasteiger partial charge < -0.3 is 5.11 Å². The molecule has 12 heavy (non-hydrogen) atoms. The lowest BCUT2D eigenvalue weighted by atomic mass is 9.71. The Morgan fingerprint density at radius 3 is 2.67 bits per heavy atom. The Labute approximate surface area is 74.8 Å². The van der Waals surface area contributed by atoms with Gasteiger partial charge in [-0.3, -0.25) is 0 Å². The summed E-state index contributed by atoms with van der Waals surface area (Å²) in [6, 6.07) is 0. The fourth-order valence-corrected chi connectivity index (χ4v) is 1.68. The van der Waals surface area contributed by atoms with E-state index < -0.39 is 0 Å². The summed E-state index contributed by atoms with van der Waals surface area (Å²) in [6.07, 6.45) is 3.56. The maximum atomic E-state index is 9.73. The molecule has 0 amide bonds. The van der Waals surface area contributed by atoms with Crippen molar-refractivity contribution in [2.24, 2.45) is 5.41 Å². The zero-order valence-corrected chi connectivity index (χ0v) is 8.22. The van der Waals surface area contributed by atoms with Crippen molar-refractivity contribution in [3.05, 3.63) is 23.8 Å². The Balaban J connectivity index is 2.85. The first-order valence-corrected chi connectivity index (χ1v) is 4.49. The minimum absolute atomic E-state index is 0.0169. The number of aliphatic hydroxyl groups is 1. The molecule has 1 N–H and O–H groups in total. The molecule has 0 aromatic rings. The molecule has 0 aliphatic heterocycles. The monoisotopic (exact) mass is 166 g/mol. The van der Waals surface area contributed by atoms with Crippen LogP contribution < -0.4 is 0 Å². The van der Waals surface area contributed by atoms with E-state index in [1.807, 2.05) is 6.92 Å². The molecular formula is C11H18O. The SMILES string of the molecule is C=C1CC(O)C(C)(C)C/C1=C/C. The van der Waals surface area contributed by atoms with E-state index >= 15 is 0 Å². The van der Waals surface area contributed by atoms with Gasteiger partial charge in [-0.15, -0.1) is 0 Å².